The third-order valence-electron chi connectivity index (χ3n) is 3.16. The molecule has 1 saturated heterocycles. The number of amides is 2. The van der Waals surface area contributed by atoms with Crippen LogP contribution in [0.2, 0.25) is 0 Å². The van der Waals surface area contributed by atoms with E-state index in [9.17, 15) is 9.59 Å². The molecule has 1 aliphatic rings. The summed E-state index contributed by atoms with van der Waals surface area (Å²) >= 11 is 0. The van der Waals surface area contributed by atoms with E-state index in [0.717, 1.165) is 0 Å². The Hall–Kier alpha value is -1.76. The van der Waals surface area contributed by atoms with Gasteiger partial charge in [0.1, 0.15) is 12.2 Å². The van der Waals surface area contributed by atoms with Gasteiger partial charge in [0, 0.05) is 19.6 Å². The van der Waals surface area contributed by atoms with E-state index in [1.807, 2.05) is 0 Å². The molecule has 0 aromatic carbocycles. The second kappa shape index (κ2) is 8.03. The smallest absolute Gasteiger partial charge is 0.410 e. The van der Waals surface area contributed by atoms with E-state index in [-0.39, 0.29) is 25.8 Å². The van der Waals surface area contributed by atoms with Gasteiger partial charge in [-0.2, -0.15) is 0 Å². The molecule has 0 aliphatic carbocycles. The van der Waals surface area contributed by atoms with Gasteiger partial charge in [-0.05, 0) is 27.2 Å². The lowest BCUT2D eigenvalue weighted by Gasteiger charge is -2.31. The highest BCUT2D eigenvalue weighted by Gasteiger charge is 2.35. The summed E-state index contributed by atoms with van der Waals surface area (Å²) in [7, 11) is 0. The number of hydrogen-bond donors (Lipinski definition) is 1. The van der Waals surface area contributed by atoms with Crippen molar-refractivity contribution < 1.29 is 24.2 Å². The molecule has 1 unspecified atom stereocenters. The van der Waals surface area contributed by atoms with Crippen LogP contribution in [-0.2, 0) is 9.47 Å². The number of carbonyl (C=O) groups is 2. The predicted molar refractivity (Wildman–Crippen MR) is 81.5 cm³/mol. The van der Waals surface area contributed by atoms with E-state index in [2.05, 4.69) is 6.58 Å². The fourth-order valence-electron chi connectivity index (χ4n) is 2.23. The molecule has 1 rings (SSSR count). The minimum Gasteiger partial charge on any atom is -0.445 e. The highest BCUT2D eigenvalue weighted by atomic mass is 16.6. The molecule has 0 aromatic heterocycles. The molecular formula is C15H26N2O5. The molecule has 1 heterocycles. The topological polar surface area (TPSA) is 79.3 Å². The number of carbonyl (C=O) groups excluding carboxylic acids is 2. The van der Waals surface area contributed by atoms with Crippen LogP contribution in [-0.4, -0.2) is 71.6 Å². The molecular weight excluding hydrogens is 288 g/mol. The molecule has 1 N–H and O–H groups in total. The quantitative estimate of drug-likeness (QED) is 0.780. The molecule has 1 fully saturated rings. The summed E-state index contributed by atoms with van der Waals surface area (Å²) in [5.41, 5.74) is -0.605. The van der Waals surface area contributed by atoms with Gasteiger partial charge in [0.25, 0.3) is 0 Å². The van der Waals surface area contributed by atoms with Crippen LogP contribution in [0.3, 0.4) is 0 Å². The number of ether oxygens (including phenoxy) is 2. The number of nitrogens with zero attached hydrogens (tertiary/aromatic N) is 2. The van der Waals surface area contributed by atoms with Crippen molar-refractivity contribution in [2.45, 2.75) is 38.8 Å². The Kier molecular flexibility index (Phi) is 6.67. The molecule has 22 heavy (non-hydrogen) atoms. The van der Waals surface area contributed by atoms with E-state index >= 15 is 0 Å². The van der Waals surface area contributed by atoms with Gasteiger partial charge in [0.15, 0.2) is 0 Å². The molecule has 0 radical (unpaired) electrons. The van der Waals surface area contributed by atoms with Crippen molar-refractivity contribution >= 4 is 12.2 Å². The summed E-state index contributed by atoms with van der Waals surface area (Å²) in [4.78, 5) is 27.1. The third kappa shape index (κ3) is 5.55. The SMILES string of the molecule is C=CCOC(=O)N1CCC(N(CCO)C(=O)OC(C)(C)C)C1. The zero-order valence-electron chi connectivity index (χ0n) is 13.6. The van der Waals surface area contributed by atoms with Crippen molar-refractivity contribution in [1.82, 2.24) is 9.80 Å². The van der Waals surface area contributed by atoms with Crippen LogP contribution in [0.4, 0.5) is 9.59 Å². The Morgan fingerprint density at radius 2 is 2.14 bits per heavy atom. The average Bonchev–Trinajstić information content (AvgIpc) is 2.89. The van der Waals surface area contributed by atoms with Crippen molar-refractivity contribution in [2.75, 3.05) is 32.8 Å². The maximum absolute atomic E-state index is 12.2. The van der Waals surface area contributed by atoms with Crippen LogP contribution in [0.25, 0.3) is 0 Å². The first-order valence-corrected chi connectivity index (χ1v) is 7.41. The van der Waals surface area contributed by atoms with Gasteiger partial charge in [0.2, 0.25) is 0 Å². The Morgan fingerprint density at radius 3 is 2.68 bits per heavy atom. The lowest BCUT2D eigenvalue weighted by Crippen LogP contribution is -2.46. The highest BCUT2D eigenvalue weighted by molar-refractivity contribution is 5.70. The van der Waals surface area contributed by atoms with Gasteiger partial charge in [0.05, 0.1) is 12.6 Å². The normalized spacial score (nSPS) is 18.0. The lowest BCUT2D eigenvalue weighted by molar-refractivity contribution is 0.0129. The molecule has 7 heteroatoms. The van der Waals surface area contributed by atoms with E-state index in [4.69, 9.17) is 14.6 Å². The molecule has 0 bridgehead atoms. The number of aliphatic hydroxyl groups excluding tert-OH is 1. The zero-order valence-corrected chi connectivity index (χ0v) is 13.6. The van der Waals surface area contributed by atoms with Crippen molar-refractivity contribution in [1.29, 1.82) is 0 Å². The van der Waals surface area contributed by atoms with Crippen LogP contribution < -0.4 is 0 Å². The molecule has 2 amide bonds. The first-order chi connectivity index (χ1) is 10.3. The largest absolute Gasteiger partial charge is 0.445 e. The Morgan fingerprint density at radius 1 is 1.45 bits per heavy atom. The van der Waals surface area contributed by atoms with Crippen molar-refractivity contribution in [2.24, 2.45) is 0 Å². The predicted octanol–water partition coefficient (Wildman–Crippen LogP) is 1.61. The number of likely N-dealkylation sites (tertiary alicyclic amines) is 1. The summed E-state index contributed by atoms with van der Waals surface area (Å²) in [6, 6.07) is -0.182. The average molecular weight is 314 g/mol. The lowest BCUT2D eigenvalue weighted by atomic mass is 10.2. The summed E-state index contributed by atoms with van der Waals surface area (Å²) in [5, 5.41) is 9.17. The van der Waals surface area contributed by atoms with Crippen molar-refractivity contribution in [3.05, 3.63) is 12.7 Å². The fraction of sp³-hybridized carbons (Fsp3) is 0.733. The zero-order chi connectivity index (χ0) is 16.8. The Balaban J connectivity index is 2.64. The monoisotopic (exact) mass is 314 g/mol. The van der Waals surface area contributed by atoms with Gasteiger partial charge in [-0.3, -0.25) is 0 Å². The van der Waals surface area contributed by atoms with Crippen LogP contribution in [0.1, 0.15) is 27.2 Å². The van der Waals surface area contributed by atoms with Crippen LogP contribution in [0.5, 0.6) is 0 Å². The molecule has 0 spiro atoms. The number of hydrogen-bond acceptors (Lipinski definition) is 5. The molecule has 0 saturated carbocycles. The first-order valence-electron chi connectivity index (χ1n) is 7.41. The highest BCUT2D eigenvalue weighted by Crippen LogP contribution is 2.19. The Bertz CT molecular complexity index is 405. The minimum absolute atomic E-state index is 0.156. The second-order valence-corrected chi connectivity index (χ2v) is 6.15. The standard InChI is InChI=1S/C15H26N2O5/c1-5-10-21-13(19)16-7-6-12(11-16)17(8-9-18)14(20)22-15(2,3)4/h5,12,18H,1,6-11H2,2-4H3. The first kappa shape index (κ1) is 18.3. The Labute approximate surface area is 131 Å². The van der Waals surface area contributed by atoms with Crippen molar-refractivity contribution in [3.8, 4) is 0 Å². The van der Waals surface area contributed by atoms with Gasteiger partial charge >= 0.3 is 12.2 Å². The second-order valence-electron chi connectivity index (χ2n) is 6.15. The molecule has 7 nitrogen and oxygen atoms in total. The van der Waals surface area contributed by atoms with Crippen LogP contribution in [0.15, 0.2) is 12.7 Å². The summed E-state index contributed by atoms with van der Waals surface area (Å²) in [6.45, 7) is 9.91. The van der Waals surface area contributed by atoms with Gasteiger partial charge in [-0.25, -0.2) is 9.59 Å². The maximum atomic E-state index is 12.2. The molecule has 1 atom stereocenters. The minimum atomic E-state index is -0.605. The summed E-state index contributed by atoms with van der Waals surface area (Å²) < 4.78 is 10.3. The van der Waals surface area contributed by atoms with Gasteiger partial charge < -0.3 is 24.4 Å². The number of aliphatic hydroxyl groups is 1. The molecule has 0 aromatic rings. The van der Waals surface area contributed by atoms with E-state index in [1.54, 1.807) is 25.7 Å². The number of rotatable bonds is 5. The maximum Gasteiger partial charge on any atom is 0.410 e. The van der Waals surface area contributed by atoms with E-state index < -0.39 is 17.8 Å². The van der Waals surface area contributed by atoms with Crippen LogP contribution in [0, 0.1) is 0 Å². The van der Waals surface area contributed by atoms with E-state index in [1.165, 1.54) is 11.0 Å². The van der Waals surface area contributed by atoms with Crippen molar-refractivity contribution in [3.63, 3.8) is 0 Å². The van der Waals surface area contributed by atoms with Gasteiger partial charge in [-0.15, -0.1) is 0 Å². The van der Waals surface area contributed by atoms with Crippen LogP contribution >= 0.6 is 0 Å². The molecule has 126 valence electrons. The third-order valence-corrected chi connectivity index (χ3v) is 3.16. The molecule has 1 aliphatic heterocycles. The summed E-state index contributed by atoms with van der Waals surface area (Å²) in [6.07, 6.45) is 1.23. The fourth-order valence-corrected chi connectivity index (χ4v) is 2.23. The summed E-state index contributed by atoms with van der Waals surface area (Å²) in [5.74, 6) is 0. The van der Waals surface area contributed by atoms with E-state index in [0.29, 0.717) is 19.5 Å². The van der Waals surface area contributed by atoms with Gasteiger partial charge in [-0.1, -0.05) is 12.7 Å².